The molecule has 3 rings (SSSR count). The van der Waals surface area contributed by atoms with E-state index in [9.17, 15) is 4.39 Å². The number of hydrogen-bond donors (Lipinski definition) is 3. The van der Waals surface area contributed by atoms with Crippen molar-refractivity contribution in [3.05, 3.63) is 101 Å². The van der Waals surface area contributed by atoms with Crippen molar-refractivity contribution in [2.45, 2.75) is 13.0 Å². The molecule has 0 aliphatic heterocycles. The molecule has 0 aromatic heterocycles. The molecule has 0 saturated heterocycles. The molecule has 0 radical (unpaired) electrons. The van der Waals surface area contributed by atoms with Crippen LogP contribution in [0.25, 0.3) is 5.57 Å². The lowest BCUT2D eigenvalue weighted by molar-refractivity contribution is 0.192. The molecule has 28 heavy (non-hydrogen) atoms. The normalized spacial score (nSPS) is 22.3. The molecule has 6 heteroatoms. The number of nitrogens with one attached hydrogen (secondary N) is 1. The number of benzene rings is 1. The van der Waals surface area contributed by atoms with Crippen LogP contribution in [0.2, 0.25) is 0 Å². The SMILES string of the molecule is C=C1C=CC=C(C2=CC(CNOPO)C(N)C=C2)C(c2ccc(F)c(C)c2)=C1. The third-order valence-corrected chi connectivity index (χ3v) is 5.03. The molecule has 2 aliphatic rings. The Morgan fingerprint density at radius 1 is 1.32 bits per heavy atom. The zero-order chi connectivity index (χ0) is 20.1. The van der Waals surface area contributed by atoms with Crippen LogP contribution in [-0.2, 0) is 4.62 Å². The van der Waals surface area contributed by atoms with Gasteiger partial charge in [-0.25, -0.2) is 4.39 Å². The Labute approximate surface area is 166 Å². The first kappa shape index (κ1) is 20.6. The van der Waals surface area contributed by atoms with E-state index in [-0.39, 0.29) is 17.8 Å². The highest BCUT2D eigenvalue weighted by Gasteiger charge is 2.21. The van der Waals surface area contributed by atoms with Crippen LogP contribution in [0.15, 0.2) is 84.0 Å². The van der Waals surface area contributed by atoms with E-state index in [1.54, 1.807) is 13.0 Å². The molecule has 3 atom stereocenters. The summed E-state index contributed by atoms with van der Waals surface area (Å²) in [6, 6.07) is 4.97. The van der Waals surface area contributed by atoms with Crippen LogP contribution in [-0.4, -0.2) is 17.5 Å². The quantitative estimate of drug-likeness (QED) is 0.385. The molecule has 0 bridgehead atoms. The van der Waals surface area contributed by atoms with Crippen LogP contribution in [0.5, 0.6) is 0 Å². The highest BCUT2D eigenvalue weighted by atomic mass is 31.1. The summed E-state index contributed by atoms with van der Waals surface area (Å²) in [5.74, 6) is -0.220. The third kappa shape index (κ3) is 4.82. The number of hydroxylamine groups is 1. The van der Waals surface area contributed by atoms with E-state index in [1.165, 1.54) is 6.07 Å². The van der Waals surface area contributed by atoms with E-state index < -0.39 is 9.03 Å². The zero-order valence-electron chi connectivity index (χ0n) is 15.7. The second-order valence-corrected chi connectivity index (χ2v) is 7.19. The molecule has 0 saturated carbocycles. The number of halogens is 1. The molecule has 0 fully saturated rings. The fourth-order valence-corrected chi connectivity index (χ4v) is 3.42. The van der Waals surface area contributed by atoms with E-state index in [2.05, 4.69) is 18.1 Å². The van der Waals surface area contributed by atoms with Gasteiger partial charge in [0.05, 0.1) is 0 Å². The lowest BCUT2D eigenvalue weighted by atomic mass is 9.84. The largest absolute Gasteiger partial charge is 0.351 e. The Hall–Kier alpha value is -2.14. The van der Waals surface area contributed by atoms with Crippen molar-refractivity contribution in [1.82, 2.24) is 5.48 Å². The van der Waals surface area contributed by atoms with Crippen LogP contribution >= 0.6 is 9.03 Å². The molecule has 4 N–H and O–H groups in total. The molecule has 0 amide bonds. The number of rotatable bonds is 6. The van der Waals surface area contributed by atoms with Gasteiger partial charge in [0.25, 0.3) is 0 Å². The van der Waals surface area contributed by atoms with Crippen molar-refractivity contribution in [2.75, 3.05) is 6.54 Å². The zero-order valence-corrected chi connectivity index (χ0v) is 16.7. The molecular weight excluding hydrogens is 374 g/mol. The van der Waals surface area contributed by atoms with Crippen LogP contribution in [0.1, 0.15) is 11.1 Å². The summed E-state index contributed by atoms with van der Waals surface area (Å²) in [7, 11) is -0.620. The Bertz CT molecular complexity index is 915. The van der Waals surface area contributed by atoms with E-state index in [1.807, 2.05) is 42.5 Å². The fourth-order valence-electron chi connectivity index (χ4n) is 3.27. The summed E-state index contributed by atoms with van der Waals surface area (Å²) in [4.78, 5) is 8.80. The monoisotopic (exact) mass is 398 g/mol. The number of allylic oxidation sites excluding steroid dienone is 9. The van der Waals surface area contributed by atoms with Crippen LogP contribution < -0.4 is 11.2 Å². The maximum Gasteiger partial charge on any atom is 0.175 e. The molecule has 1 aromatic rings. The van der Waals surface area contributed by atoms with E-state index in [0.29, 0.717) is 12.1 Å². The lowest BCUT2D eigenvalue weighted by Gasteiger charge is -2.25. The Morgan fingerprint density at radius 2 is 2.14 bits per heavy atom. The fraction of sp³-hybridized carbons (Fsp3) is 0.182. The summed E-state index contributed by atoms with van der Waals surface area (Å²) in [6.07, 6.45) is 14.0. The second kappa shape index (κ2) is 9.37. The van der Waals surface area contributed by atoms with Gasteiger partial charge in [0.1, 0.15) is 5.82 Å². The molecule has 3 unspecified atom stereocenters. The summed E-state index contributed by atoms with van der Waals surface area (Å²) in [5, 5.41) is 0. The topological polar surface area (TPSA) is 67.5 Å². The van der Waals surface area contributed by atoms with Gasteiger partial charge in [-0.1, -0.05) is 49.1 Å². The highest BCUT2D eigenvalue weighted by Crippen LogP contribution is 2.35. The molecule has 2 aliphatic carbocycles. The van der Waals surface area contributed by atoms with E-state index in [0.717, 1.165) is 27.9 Å². The maximum absolute atomic E-state index is 13.8. The predicted molar refractivity (Wildman–Crippen MR) is 114 cm³/mol. The van der Waals surface area contributed by atoms with Crippen molar-refractivity contribution in [3.63, 3.8) is 0 Å². The van der Waals surface area contributed by atoms with Crippen molar-refractivity contribution in [1.29, 1.82) is 0 Å². The average molecular weight is 398 g/mol. The van der Waals surface area contributed by atoms with Crippen molar-refractivity contribution < 1.29 is 13.9 Å². The highest BCUT2D eigenvalue weighted by molar-refractivity contribution is 7.24. The first-order chi connectivity index (χ1) is 13.5. The molecule has 0 spiro atoms. The van der Waals surface area contributed by atoms with Crippen LogP contribution in [0.4, 0.5) is 4.39 Å². The number of hydrogen-bond acceptors (Lipinski definition) is 4. The van der Waals surface area contributed by atoms with Gasteiger partial charge in [-0.05, 0) is 58.6 Å². The summed E-state index contributed by atoms with van der Waals surface area (Å²) >= 11 is 0. The lowest BCUT2D eigenvalue weighted by Crippen LogP contribution is -2.35. The molecular formula is C22H24FN2O2P. The van der Waals surface area contributed by atoms with Gasteiger partial charge < -0.3 is 10.6 Å². The minimum Gasteiger partial charge on any atom is -0.351 e. The van der Waals surface area contributed by atoms with Crippen molar-refractivity contribution in [3.8, 4) is 0 Å². The van der Waals surface area contributed by atoms with Crippen molar-refractivity contribution >= 4 is 14.6 Å². The van der Waals surface area contributed by atoms with Crippen LogP contribution in [0.3, 0.4) is 0 Å². The molecule has 0 heterocycles. The number of aryl methyl sites for hydroxylation is 1. The smallest absolute Gasteiger partial charge is 0.175 e. The maximum atomic E-state index is 13.8. The van der Waals surface area contributed by atoms with Gasteiger partial charge in [0.15, 0.2) is 9.03 Å². The Balaban J connectivity index is 1.98. The molecule has 146 valence electrons. The molecule has 1 aromatic carbocycles. The van der Waals surface area contributed by atoms with Gasteiger partial charge >= 0.3 is 0 Å². The average Bonchev–Trinajstić information content (AvgIpc) is 2.87. The summed E-state index contributed by atoms with van der Waals surface area (Å²) in [5.41, 5.74) is 14.3. The first-order valence-electron chi connectivity index (χ1n) is 8.99. The van der Waals surface area contributed by atoms with Gasteiger partial charge in [-0.2, -0.15) is 5.48 Å². The number of nitrogens with two attached hydrogens (primary N) is 1. The predicted octanol–water partition coefficient (Wildman–Crippen LogP) is 4.03. The van der Waals surface area contributed by atoms with Gasteiger partial charge in [-0.15, -0.1) is 0 Å². The Morgan fingerprint density at radius 3 is 2.89 bits per heavy atom. The summed E-state index contributed by atoms with van der Waals surface area (Å²) in [6.45, 7) is 6.31. The molecule has 4 nitrogen and oxygen atoms in total. The van der Waals surface area contributed by atoms with Gasteiger partial charge in [0.2, 0.25) is 0 Å². The third-order valence-electron chi connectivity index (χ3n) is 4.80. The second-order valence-electron chi connectivity index (χ2n) is 6.80. The van der Waals surface area contributed by atoms with Crippen molar-refractivity contribution in [2.24, 2.45) is 11.7 Å². The van der Waals surface area contributed by atoms with E-state index in [4.69, 9.17) is 15.3 Å². The Kier molecular flexibility index (Phi) is 6.89. The van der Waals surface area contributed by atoms with E-state index >= 15 is 0 Å². The first-order valence-corrected chi connectivity index (χ1v) is 9.85. The minimum absolute atomic E-state index is 0.00360. The van der Waals surface area contributed by atoms with Gasteiger partial charge in [0, 0.05) is 18.5 Å². The standard InChI is InChI=1S/C22H24FN2O2P/c1-14-4-3-5-19(20(10-14)16-6-8-21(23)15(2)11-16)17-7-9-22(24)18(12-17)13-25-27-28-26/h3-12,18,22,25-26,28H,1,13,24H2,2H3. The summed E-state index contributed by atoms with van der Waals surface area (Å²) < 4.78 is 18.6. The van der Waals surface area contributed by atoms with Crippen LogP contribution in [0, 0.1) is 18.7 Å². The minimum atomic E-state index is -0.620. The van der Waals surface area contributed by atoms with Gasteiger partial charge in [-0.3, -0.25) is 4.62 Å².